The van der Waals surface area contributed by atoms with Gasteiger partial charge in [-0.15, -0.1) is 18.0 Å². The molecule has 2 atom stereocenters. The number of furan rings is 1. The number of rotatable bonds is 4. The van der Waals surface area contributed by atoms with E-state index in [4.69, 9.17) is 27.2 Å². The van der Waals surface area contributed by atoms with Gasteiger partial charge in [0.25, 0.3) is 0 Å². The number of alkyl halides is 1. The van der Waals surface area contributed by atoms with Crippen LogP contribution in [-0.4, -0.2) is 10.8 Å². The van der Waals surface area contributed by atoms with E-state index in [0.717, 1.165) is 0 Å². The van der Waals surface area contributed by atoms with Crippen molar-refractivity contribution in [2.75, 3.05) is 0 Å². The highest BCUT2D eigenvalue weighted by molar-refractivity contribution is 6.29. The van der Waals surface area contributed by atoms with Crippen molar-refractivity contribution in [2.45, 2.75) is 38.7 Å². The second-order valence-corrected chi connectivity index (χ2v) is 6.37. The number of terminal acetylenes is 1. The predicted molar refractivity (Wildman–Crippen MR) is 72.6 cm³/mol. The Balaban J connectivity index is 1.90. The molecule has 3 nitrogen and oxygen atoms in total. The summed E-state index contributed by atoms with van der Waals surface area (Å²) in [4.78, 5) is 11.4. The molecule has 19 heavy (non-hydrogen) atoms. The summed E-state index contributed by atoms with van der Waals surface area (Å²) in [5.41, 5.74) is -0.233. The van der Waals surface area contributed by atoms with Gasteiger partial charge in [0.15, 0.2) is 0 Å². The Bertz CT molecular complexity index is 520. The van der Waals surface area contributed by atoms with Gasteiger partial charge in [-0.05, 0) is 24.5 Å². The highest BCUT2D eigenvalue weighted by Crippen LogP contribution is 2.66. The summed E-state index contributed by atoms with van der Waals surface area (Å²) >= 11 is 6.27. The van der Waals surface area contributed by atoms with E-state index < -0.39 is 4.87 Å². The van der Waals surface area contributed by atoms with Crippen molar-refractivity contribution < 1.29 is 13.9 Å². The van der Waals surface area contributed by atoms with E-state index in [1.54, 1.807) is 12.1 Å². The normalized spacial score (nSPS) is 27.6. The fourth-order valence-electron chi connectivity index (χ4n) is 2.36. The zero-order valence-corrected chi connectivity index (χ0v) is 12.1. The smallest absolute Gasteiger partial charge is 0.311 e. The van der Waals surface area contributed by atoms with E-state index in [1.807, 2.05) is 20.8 Å². The second kappa shape index (κ2) is 4.61. The van der Waals surface area contributed by atoms with Gasteiger partial charge in [-0.25, -0.2) is 0 Å². The molecule has 1 fully saturated rings. The average Bonchev–Trinajstić information content (AvgIpc) is 2.67. The summed E-state index contributed by atoms with van der Waals surface area (Å²) in [5.74, 6) is 3.22. The highest BCUT2D eigenvalue weighted by Gasteiger charge is 2.71. The van der Waals surface area contributed by atoms with Crippen molar-refractivity contribution in [1.82, 2.24) is 0 Å². The fourth-order valence-corrected chi connectivity index (χ4v) is 2.78. The Labute approximate surface area is 118 Å². The first-order valence-corrected chi connectivity index (χ1v) is 6.55. The van der Waals surface area contributed by atoms with E-state index in [9.17, 15) is 4.79 Å². The Kier molecular flexibility index (Phi) is 3.40. The minimum absolute atomic E-state index is 0.114. The molecular weight excluding hydrogens is 264 g/mol. The summed E-state index contributed by atoms with van der Waals surface area (Å²) in [5, 5.41) is 0. The molecule has 0 aliphatic heterocycles. The topological polar surface area (TPSA) is 39.4 Å². The maximum absolute atomic E-state index is 12.0. The van der Waals surface area contributed by atoms with Crippen LogP contribution in [0.15, 0.2) is 16.5 Å². The van der Waals surface area contributed by atoms with Gasteiger partial charge in [0, 0.05) is 0 Å². The molecule has 0 spiro atoms. The summed E-state index contributed by atoms with van der Waals surface area (Å²) in [6.45, 7) is 5.90. The van der Waals surface area contributed by atoms with E-state index in [2.05, 4.69) is 5.92 Å². The minimum Gasteiger partial charge on any atom is -0.461 e. The van der Waals surface area contributed by atoms with Crippen LogP contribution in [0.2, 0.25) is 0 Å². The average molecular weight is 281 g/mol. The van der Waals surface area contributed by atoms with Gasteiger partial charge in [0.1, 0.15) is 18.1 Å². The molecule has 4 heteroatoms. The van der Waals surface area contributed by atoms with Crippen LogP contribution in [0.25, 0.3) is 0 Å². The van der Waals surface area contributed by atoms with Gasteiger partial charge < -0.3 is 9.15 Å². The molecule has 1 aromatic heterocycles. The Morgan fingerprint density at radius 1 is 1.47 bits per heavy atom. The zero-order chi connectivity index (χ0) is 14.3. The first kappa shape index (κ1) is 14.0. The van der Waals surface area contributed by atoms with Crippen LogP contribution < -0.4 is 0 Å². The first-order valence-electron chi connectivity index (χ1n) is 6.17. The largest absolute Gasteiger partial charge is 0.461 e. The van der Waals surface area contributed by atoms with Gasteiger partial charge in [-0.3, -0.25) is 4.79 Å². The van der Waals surface area contributed by atoms with Gasteiger partial charge in [0.05, 0.1) is 17.2 Å². The second-order valence-electron chi connectivity index (χ2n) is 5.59. The molecule has 102 valence electrons. The van der Waals surface area contributed by atoms with E-state index in [0.29, 0.717) is 17.9 Å². The number of halogens is 1. The molecule has 0 saturated heterocycles. The third-order valence-electron chi connectivity index (χ3n) is 4.03. The van der Waals surface area contributed by atoms with E-state index in [1.165, 1.54) is 0 Å². The van der Waals surface area contributed by atoms with Crippen molar-refractivity contribution in [1.29, 1.82) is 0 Å². The third kappa shape index (κ3) is 2.37. The summed E-state index contributed by atoms with van der Waals surface area (Å²) in [6.07, 6.45) is 5.62. The lowest BCUT2D eigenvalue weighted by Crippen LogP contribution is -2.11. The predicted octanol–water partition coefficient (Wildman–Crippen LogP) is 3.15. The van der Waals surface area contributed by atoms with Crippen molar-refractivity contribution in [3.63, 3.8) is 0 Å². The summed E-state index contributed by atoms with van der Waals surface area (Å²) in [7, 11) is 0. The fraction of sp³-hybridized carbons (Fsp3) is 0.533. The van der Waals surface area contributed by atoms with Crippen LogP contribution in [0.3, 0.4) is 0 Å². The van der Waals surface area contributed by atoms with Gasteiger partial charge >= 0.3 is 5.97 Å². The van der Waals surface area contributed by atoms with Crippen LogP contribution in [0, 0.1) is 23.7 Å². The molecule has 0 radical (unpaired) electrons. The Morgan fingerprint density at radius 2 is 2.05 bits per heavy atom. The number of hydrogen-bond acceptors (Lipinski definition) is 3. The maximum Gasteiger partial charge on any atom is 0.311 e. The first-order chi connectivity index (χ1) is 8.80. The van der Waals surface area contributed by atoms with Crippen LogP contribution in [-0.2, 0) is 22.6 Å². The molecule has 1 heterocycles. The Hall–Kier alpha value is -1.40. The van der Waals surface area contributed by atoms with Gasteiger partial charge in [-0.2, -0.15) is 0 Å². The lowest BCUT2D eigenvalue weighted by atomic mass is 10.1. The molecule has 2 rings (SSSR count). The van der Waals surface area contributed by atoms with Gasteiger partial charge in [-0.1, -0.05) is 19.8 Å². The number of carbonyl (C=O) groups excluding carboxylic acids is 1. The summed E-state index contributed by atoms with van der Waals surface area (Å²) < 4.78 is 10.7. The monoisotopic (exact) mass is 280 g/mol. The summed E-state index contributed by atoms with van der Waals surface area (Å²) in [6, 6.07) is 3.55. The Morgan fingerprint density at radius 3 is 2.58 bits per heavy atom. The zero-order valence-electron chi connectivity index (χ0n) is 11.3. The molecule has 0 amide bonds. The minimum atomic E-state index is -0.526. The SMILES string of the molecule is C#CCc1ccc(COC(=O)C2C(C)(C)C2(C)Cl)o1. The van der Waals surface area contributed by atoms with Crippen molar-refractivity contribution in [3.8, 4) is 12.3 Å². The molecule has 0 N–H and O–H groups in total. The van der Waals surface area contributed by atoms with Crippen LogP contribution in [0.1, 0.15) is 32.3 Å². The molecule has 1 aliphatic rings. The molecule has 0 bridgehead atoms. The van der Waals surface area contributed by atoms with Crippen LogP contribution in [0.5, 0.6) is 0 Å². The molecule has 1 saturated carbocycles. The lowest BCUT2D eigenvalue weighted by molar-refractivity contribution is -0.148. The maximum atomic E-state index is 12.0. The van der Waals surface area contributed by atoms with Crippen LogP contribution >= 0.6 is 11.6 Å². The third-order valence-corrected chi connectivity index (χ3v) is 4.73. The van der Waals surface area contributed by atoms with Crippen LogP contribution in [0.4, 0.5) is 0 Å². The molecular formula is C15H17ClO3. The molecule has 1 aromatic rings. The van der Waals surface area contributed by atoms with Crippen molar-refractivity contribution >= 4 is 17.6 Å². The van der Waals surface area contributed by atoms with Crippen molar-refractivity contribution in [2.24, 2.45) is 11.3 Å². The van der Waals surface area contributed by atoms with Gasteiger partial charge in [0.2, 0.25) is 0 Å². The standard InChI is InChI=1S/C15H17ClO3/c1-5-6-10-7-8-11(19-10)9-18-13(17)12-14(2,3)15(12,4)16/h1,7-8,12H,6,9H2,2-4H3. The lowest BCUT2D eigenvalue weighted by Gasteiger charge is -2.03. The quantitative estimate of drug-likeness (QED) is 0.483. The van der Waals surface area contributed by atoms with E-state index in [-0.39, 0.29) is 23.9 Å². The molecule has 2 unspecified atom stereocenters. The highest BCUT2D eigenvalue weighted by atomic mass is 35.5. The number of hydrogen-bond donors (Lipinski definition) is 0. The molecule has 0 aromatic carbocycles. The number of esters is 1. The van der Waals surface area contributed by atoms with E-state index >= 15 is 0 Å². The van der Waals surface area contributed by atoms with Crippen molar-refractivity contribution in [3.05, 3.63) is 23.7 Å². The number of carbonyl (C=O) groups is 1. The number of ether oxygens (including phenoxy) is 1. The molecule has 1 aliphatic carbocycles.